The van der Waals surface area contributed by atoms with E-state index in [-0.39, 0.29) is 22.9 Å². The minimum Gasteiger partial charge on any atom is -0.423 e. The molecule has 1 saturated carbocycles. The van der Waals surface area contributed by atoms with E-state index in [1.54, 1.807) is 0 Å². The third-order valence-electron chi connectivity index (χ3n) is 5.66. The number of hydrogen-bond donors (Lipinski definition) is 2. The molecule has 5 nitrogen and oxygen atoms in total. The number of rotatable bonds is 2. The predicted octanol–water partition coefficient (Wildman–Crippen LogP) is 2.74. The summed E-state index contributed by atoms with van der Waals surface area (Å²) in [6.45, 7) is 5.82. The molecule has 2 aromatic rings. The third-order valence-corrected chi connectivity index (χ3v) is 5.66. The van der Waals surface area contributed by atoms with E-state index in [0.717, 1.165) is 54.6 Å². The molecule has 2 heterocycles. The molecule has 0 bridgehead atoms. The number of anilines is 1. The number of aryl methyl sites for hydroxylation is 2. The molecule has 1 saturated heterocycles. The van der Waals surface area contributed by atoms with Crippen LogP contribution in [0.1, 0.15) is 30.4 Å². The van der Waals surface area contributed by atoms with E-state index in [1.807, 2.05) is 26.0 Å². The lowest BCUT2D eigenvalue weighted by Crippen LogP contribution is -2.31. The zero-order valence-electron chi connectivity index (χ0n) is 14.1. The van der Waals surface area contributed by atoms with E-state index < -0.39 is 0 Å². The first-order chi connectivity index (χ1) is 11.5. The second-order valence-corrected chi connectivity index (χ2v) is 7.27. The Morgan fingerprint density at radius 3 is 2.71 bits per heavy atom. The summed E-state index contributed by atoms with van der Waals surface area (Å²) in [7, 11) is 0. The fourth-order valence-corrected chi connectivity index (χ4v) is 4.02. The van der Waals surface area contributed by atoms with Gasteiger partial charge in [-0.05, 0) is 74.9 Å². The van der Waals surface area contributed by atoms with Crippen LogP contribution < -0.4 is 16.3 Å². The van der Waals surface area contributed by atoms with Gasteiger partial charge in [0.2, 0.25) is 5.91 Å². The molecule has 2 N–H and O–H groups in total. The zero-order valence-corrected chi connectivity index (χ0v) is 14.1. The molecule has 1 aliphatic carbocycles. The fraction of sp³-hybridized carbons (Fsp3) is 0.474. The van der Waals surface area contributed by atoms with Gasteiger partial charge in [0, 0.05) is 23.1 Å². The molecule has 2 aliphatic rings. The number of nitrogens with one attached hydrogen (secondary N) is 2. The van der Waals surface area contributed by atoms with Gasteiger partial charge in [-0.3, -0.25) is 4.79 Å². The first-order valence-electron chi connectivity index (χ1n) is 8.55. The Bertz CT molecular complexity index is 878. The first-order valence-corrected chi connectivity index (χ1v) is 8.55. The molecule has 24 heavy (non-hydrogen) atoms. The molecule has 1 aromatic heterocycles. The second kappa shape index (κ2) is 5.45. The highest BCUT2D eigenvalue weighted by Gasteiger charge is 2.57. The van der Waals surface area contributed by atoms with Crippen LogP contribution in [0.5, 0.6) is 0 Å². The molecule has 4 rings (SSSR count). The van der Waals surface area contributed by atoms with Crippen molar-refractivity contribution in [1.29, 1.82) is 0 Å². The summed E-state index contributed by atoms with van der Waals surface area (Å²) in [6, 6.07) is 5.22. The zero-order chi connectivity index (χ0) is 16.9. The summed E-state index contributed by atoms with van der Waals surface area (Å²) < 4.78 is 5.26. The lowest BCUT2D eigenvalue weighted by atomic mass is 9.91. The fourth-order valence-electron chi connectivity index (χ4n) is 4.02. The molecule has 126 valence electrons. The number of benzene rings is 1. The van der Waals surface area contributed by atoms with Gasteiger partial charge >= 0.3 is 5.63 Å². The van der Waals surface area contributed by atoms with E-state index in [9.17, 15) is 9.59 Å². The Morgan fingerprint density at radius 2 is 1.96 bits per heavy atom. The Morgan fingerprint density at radius 1 is 1.21 bits per heavy atom. The Balaban J connectivity index is 1.59. The molecule has 1 spiro atoms. The number of fused-ring (bicyclic) bond motifs is 1. The van der Waals surface area contributed by atoms with Gasteiger partial charge in [-0.15, -0.1) is 0 Å². The van der Waals surface area contributed by atoms with E-state index >= 15 is 0 Å². The van der Waals surface area contributed by atoms with E-state index in [1.165, 1.54) is 6.07 Å². The maximum atomic E-state index is 12.7. The molecule has 1 aromatic carbocycles. The van der Waals surface area contributed by atoms with Crippen molar-refractivity contribution in [2.24, 2.45) is 11.3 Å². The molecular weight excluding hydrogens is 304 g/mol. The Kier molecular flexibility index (Phi) is 3.49. The molecule has 0 radical (unpaired) electrons. The number of hydrogen-bond acceptors (Lipinski definition) is 4. The Hall–Kier alpha value is -2.14. The summed E-state index contributed by atoms with van der Waals surface area (Å²) in [5.41, 5.74) is 3.02. The summed E-state index contributed by atoms with van der Waals surface area (Å²) in [4.78, 5) is 24.2. The van der Waals surface area contributed by atoms with Crippen LogP contribution in [0.2, 0.25) is 0 Å². The van der Waals surface area contributed by atoms with Crippen LogP contribution in [0.15, 0.2) is 27.4 Å². The Labute approximate surface area is 140 Å². The number of piperidine rings is 1. The van der Waals surface area contributed by atoms with Gasteiger partial charge in [-0.2, -0.15) is 0 Å². The van der Waals surface area contributed by atoms with E-state index in [2.05, 4.69) is 10.6 Å². The smallest absolute Gasteiger partial charge is 0.336 e. The van der Waals surface area contributed by atoms with Crippen LogP contribution in [0.3, 0.4) is 0 Å². The molecule has 1 aliphatic heterocycles. The standard InChI is InChI=1S/C19H22N2O3/c1-11-8-17(22)24-16-7-12(2)15(9-13(11)16)21-18(23)14-10-19(14)3-5-20-6-4-19/h7-9,14,20H,3-6,10H2,1-2H3,(H,21,23). The quantitative estimate of drug-likeness (QED) is 0.833. The van der Waals surface area contributed by atoms with Crippen molar-refractivity contribution >= 4 is 22.6 Å². The largest absolute Gasteiger partial charge is 0.423 e. The topological polar surface area (TPSA) is 71.3 Å². The molecule has 2 fully saturated rings. The number of carbonyl (C=O) groups is 1. The minimum absolute atomic E-state index is 0.120. The third kappa shape index (κ3) is 2.53. The number of carbonyl (C=O) groups excluding carboxylic acids is 1. The van der Waals surface area contributed by atoms with Gasteiger partial charge in [-0.25, -0.2) is 4.79 Å². The molecule has 1 amide bonds. The van der Waals surface area contributed by atoms with Crippen molar-refractivity contribution < 1.29 is 9.21 Å². The predicted molar refractivity (Wildman–Crippen MR) is 93.2 cm³/mol. The summed E-state index contributed by atoms with van der Waals surface area (Å²) in [5, 5.41) is 7.32. The lowest BCUT2D eigenvalue weighted by Gasteiger charge is -2.23. The summed E-state index contributed by atoms with van der Waals surface area (Å²) in [6.07, 6.45) is 3.18. The van der Waals surface area contributed by atoms with Gasteiger partial charge in [0.05, 0.1) is 0 Å². The van der Waals surface area contributed by atoms with Crippen molar-refractivity contribution in [1.82, 2.24) is 5.32 Å². The lowest BCUT2D eigenvalue weighted by molar-refractivity contribution is -0.118. The minimum atomic E-state index is -0.345. The average Bonchev–Trinajstić information content (AvgIpc) is 3.22. The van der Waals surface area contributed by atoms with Gasteiger partial charge in [0.25, 0.3) is 0 Å². The SMILES string of the molecule is Cc1cc2oc(=O)cc(C)c2cc1NC(=O)C1CC12CCNCC2. The highest BCUT2D eigenvalue weighted by Crippen LogP contribution is 2.58. The molecule has 1 atom stereocenters. The van der Waals surface area contributed by atoms with Gasteiger partial charge < -0.3 is 15.1 Å². The van der Waals surface area contributed by atoms with Crippen molar-refractivity contribution in [3.8, 4) is 0 Å². The van der Waals surface area contributed by atoms with Crippen molar-refractivity contribution in [2.75, 3.05) is 18.4 Å². The van der Waals surface area contributed by atoms with Crippen molar-refractivity contribution in [3.63, 3.8) is 0 Å². The maximum absolute atomic E-state index is 12.7. The summed E-state index contributed by atoms with van der Waals surface area (Å²) in [5.74, 6) is 0.249. The van der Waals surface area contributed by atoms with E-state index in [4.69, 9.17) is 4.42 Å². The van der Waals surface area contributed by atoms with Crippen LogP contribution in [-0.4, -0.2) is 19.0 Å². The molecular formula is C19H22N2O3. The van der Waals surface area contributed by atoms with Crippen LogP contribution in [0.25, 0.3) is 11.0 Å². The van der Waals surface area contributed by atoms with Gasteiger partial charge in [0.1, 0.15) is 5.58 Å². The molecule has 1 unspecified atom stereocenters. The normalized spacial score (nSPS) is 21.8. The monoisotopic (exact) mass is 326 g/mol. The van der Waals surface area contributed by atoms with Crippen LogP contribution in [-0.2, 0) is 4.79 Å². The number of amides is 1. The van der Waals surface area contributed by atoms with Crippen LogP contribution >= 0.6 is 0 Å². The molecule has 5 heteroatoms. The second-order valence-electron chi connectivity index (χ2n) is 7.27. The van der Waals surface area contributed by atoms with Gasteiger partial charge in [-0.1, -0.05) is 0 Å². The highest BCUT2D eigenvalue weighted by molar-refractivity contribution is 5.98. The first kappa shape index (κ1) is 15.4. The van der Waals surface area contributed by atoms with Crippen molar-refractivity contribution in [3.05, 3.63) is 39.7 Å². The van der Waals surface area contributed by atoms with Crippen LogP contribution in [0.4, 0.5) is 5.69 Å². The van der Waals surface area contributed by atoms with Crippen molar-refractivity contribution in [2.45, 2.75) is 33.1 Å². The van der Waals surface area contributed by atoms with E-state index in [0.29, 0.717) is 5.58 Å². The average molecular weight is 326 g/mol. The van der Waals surface area contributed by atoms with Gasteiger partial charge in [0.15, 0.2) is 0 Å². The summed E-state index contributed by atoms with van der Waals surface area (Å²) >= 11 is 0. The van der Waals surface area contributed by atoms with Crippen LogP contribution in [0, 0.1) is 25.2 Å². The maximum Gasteiger partial charge on any atom is 0.336 e. The highest BCUT2D eigenvalue weighted by atomic mass is 16.4.